The summed E-state index contributed by atoms with van der Waals surface area (Å²) in [7, 11) is 0. The standard InChI is InChI=1S/C10H16N4O/c1-8(10-7-11-3-4-14-10)12-5-6-13-9(2)15/h3-4,7-8,12H,5-6H2,1-2H3,(H,13,15). The molecule has 0 saturated heterocycles. The van der Waals surface area contributed by atoms with E-state index in [1.165, 1.54) is 6.92 Å². The molecule has 0 aliphatic heterocycles. The summed E-state index contributed by atoms with van der Waals surface area (Å²) in [6.45, 7) is 4.86. The van der Waals surface area contributed by atoms with Crippen LogP contribution in [-0.4, -0.2) is 29.0 Å². The monoisotopic (exact) mass is 208 g/mol. The fraction of sp³-hybridized carbons (Fsp3) is 0.500. The first-order chi connectivity index (χ1) is 7.20. The Labute approximate surface area is 89.3 Å². The molecule has 1 aromatic heterocycles. The summed E-state index contributed by atoms with van der Waals surface area (Å²) in [4.78, 5) is 18.8. The molecule has 0 bridgehead atoms. The Bertz CT molecular complexity index is 302. The van der Waals surface area contributed by atoms with Crippen LogP contribution in [0.5, 0.6) is 0 Å². The lowest BCUT2D eigenvalue weighted by Crippen LogP contribution is -2.31. The Kier molecular flexibility index (Phi) is 4.70. The molecule has 0 aliphatic carbocycles. The van der Waals surface area contributed by atoms with Gasteiger partial charge >= 0.3 is 0 Å². The van der Waals surface area contributed by atoms with Gasteiger partial charge in [0.25, 0.3) is 0 Å². The van der Waals surface area contributed by atoms with Crippen LogP contribution in [0.4, 0.5) is 0 Å². The van der Waals surface area contributed by atoms with E-state index in [-0.39, 0.29) is 11.9 Å². The Morgan fingerprint density at radius 2 is 2.27 bits per heavy atom. The van der Waals surface area contributed by atoms with E-state index in [0.717, 1.165) is 12.2 Å². The van der Waals surface area contributed by atoms with Crippen molar-refractivity contribution < 1.29 is 4.79 Å². The highest BCUT2D eigenvalue weighted by atomic mass is 16.1. The first-order valence-electron chi connectivity index (χ1n) is 4.94. The van der Waals surface area contributed by atoms with Crippen molar-refractivity contribution in [1.82, 2.24) is 20.6 Å². The van der Waals surface area contributed by atoms with Gasteiger partial charge in [0, 0.05) is 44.6 Å². The van der Waals surface area contributed by atoms with Gasteiger partial charge in [-0.2, -0.15) is 0 Å². The molecule has 0 radical (unpaired) electrons. The molecule has 0 spiro atoms. The van der Waals surface area contributed by atoms with E-state index in [1.807, 2.05) is 6.92 Å². The highest BCUT2D eigenvalue weighted by Gasteiger charge is 2.04. The highest BCUT2D eigenvalue weighted by Crippen LogP contribution is 2.04. The molecule has 82 valence electrons. The summed E-state index contributed by atoms with van der Waals surface area (Å²) in [5.74, 6) is -0.0102. The molecule has 0 aliphatic rings. The maximum Gasteiger partial charge on any atom is 0.216 e. The maximum absolute atomic E-state index is 10.6. The van der Waals surface area contributed by atoms with Crippen LogP contribution in [0.2, 0.25) is 0 Å². The fourth-order valence-electron chi connectivity index (χ4n) is 1.17. The van der Waals surface area contributed by atoms with E-state index in [0.29, 0.717) is 6.54 Å². The maximum atomic E-state index is 10.6. The first-order valence-corrected chi connectivity index (χ1v) is 4.94. The molecule has 0 saturated carbocycles. The van der Waals surface area contributed by atoms with Gasteiger partial charge in [-0.25, -0.2) is 0 Å². The van der Waals surface area contributed by atoms with Gasteiger partial charge in [-0.05, 0) is 6.92 Å². The second-order valence-electron chi connectivity index (χ2n) is 3.29. The Hall–Kier alpha value is -1.49. The average Bonchev–Trinajstić information content (AvgIpc) is 2.25. The van der Waals surface area contributed by atoms with E-state index in [1.54, 1.807) is 18.6 Å². The number of nitrogens with zero attached hydrogens (tertiary/aromatic N) is 2. The molecular formula is C10H16N4O. The van der Waals surface area contributed by atoms with Gasteiger partial charge in [0.05, 0.1) is 5.69 Å². The van der Waals surface area contributed by atoms with Gasteiger partial charge in [0.1, 0.15) is 0 Å². The summed E-state index contributed by atoms with van der Waals surface area (Å²) < 4.78 is 0. The molecule has 5 nitrogen and oxygen atoms in total. The molecular weight excluding hydrogens is 192 g/mol. The van der Waals surface area contributed by atoms with Gasteiger partial charge in [0.2, 0.25) is 5.91 Å². The predicted octanol–water partition coefficient (Wildman–Crippen LogP) is 0.263. The fourth-order valence-corrected chi connectivity index (χ4v) is 1.17. The molecule has 1 rings (SSSR count). The highest BCUT2D eigenvalue weighted by molar-refractivity contribution is 5.72. The normalized spacial score (nSPS) is 12.1. The molecule has 1 aromatic rings. The van der Waals surface area contributed by atoms with Crippen molar-refractivity contribution in [1.29, 1.82) is 0 Å². The number of aromatic nitrogens is 2. The van der Waals surface area contributed by atoms with Crippen molar-refractivity contribution in [2.24, 2.45) is 0 Å². The number of rotatable bonds is 5. The van der Waals surface area contributed by atoms with Gasteiger partial charge in [-0.15, -0.1) is 0 Å². The van der Waals surface area contributed by atoms with Crippen LogP contribution >= 0.6 is 0 Å². The second-order valence-corrected chi connectivity index (χ2v) is 3.29. The molecule has 1 heterocycles. The molecule has 15 heavy (non-hydrogen) atoms. The number of carbonyl (C=O) groups is 1. The van der Waals surface area contributed by atoms with Crippen LogP contribution < -0.4 is 10.6 Å². The molecule has 1 unspecified atom stereocenters. The van der Waals surface area contributed by atoms with Crippen molar-refractivity contribution in [3.63, 3.8) is 0 Å². The largest absolute Gasteiger partial charge is 0.355 e. The van der Waals surface area contributed by atoms with E-state index in [2.05, 4.69) is 20.6 Å². The SMILES string of the molecule is CC(=O)NCCNC(C)c1cnccn1. The van der Waals surface area contributed by atoms with Gasteiger partial charge in [-0.1, -0.05) is 0 Å². The van der Waals surface area contributed by atoms with Crippen LogP contribution in [0.1, 0.15) is 25.6 Å². The zero-order chi connectivity index (χ0) is 11.1. The van der Waals surface area contributed by atoms with Gasteiger partial charge < -0.3 is 10.6 Å². The summed E-state index contributed by atoms with van der Waals surface area (Å²) in [6.07, 6.45) is 5.05. The Balaban J connectivity index is 2.25. The smallest absolute Gasteiger partial charge is 0.216 e. The lowest BCUT2D eigenvalue weighted by molar-refractivity contribution is -0.118. The third-order valence-electron chi connectivity index (χ3n) is 1.98. The predicted molar refractivity (Wildman–Crippen MR) is 57.1 cm³/mol. The number of nitrogens with one attached hydrogen (secondary N) is 2. The van der Waals surface area contributed by atoms with E-state index < -0.39 is 0 Å². The zero-order valence-electron chi connectivity index (χ0n) is 9.03. The van der Waals surface area contributed by atoms with Crippen LogP contribution in [0.3, 0.4) is 0 Å². The van der Waals surface area contributed by atoms with Crippen molar-refractivity contribution in [3.8, 4) is 0 Å². The summed E-state index contributed by atoms with van der Waals surface area (Å²) >= 11 is 0. The summed E-state index contributed by atoms with van der Waals surface area (Å²) in [5.41, 5.74) is 0.903. The molecule has 1 amide bonds. The van der Waals surface area contributed by atoms with Gasteiger partial charge in [-0.3, -0.25) is 14.8 Å². The third kappa shape index (κ3) is 4.51. The lowest BCUT2D eigenvalue weighted by atomic mass is 10.2. The molecule has 0 aromatic carbocycles. The second kappa shape index (κ2) is 6.08. The van der Waals surface area contributed by atoms with Crippen molar-refractivity contribution in [2.45, 2.75) is 19.9 Å². The summed E-state index contributed by atoms with van der Waals surface area (Å²) in [5, 5.41) is 5.95. The van der Waals surface area contributed by atoms with Crippen molar-refractivity contribution in [3.05, 3.63) is 24.3 Å². The number of hydrogen-bond donors (Lipinski definition) is 2. The van der Waals surface area contributed by atoms with E-state index in [9.17, 15) is 4.79 Å². The first kappa shape index (κ1) is 11.6. The number of carbonyl (C=O) groups excluding carboxylic acids is 1. The third-order valence-corrected chi connectivity index (χ3v) is 1.98. The minimum Gasteiger partial charge on any atom is -0.355 e. The topological polar surface area (TPSA) is 66.9 Å². The number of hydrogen-bond acceptors (Lipinski definition) is 4. The number of amides is 1. The lowest BCUT2D eigenvalue weighted by Gasteiger charge is -2.12. The van der Waals surface area contributed by atoms with E-state index >= 15 is 0 Å². The zero-order valence-corrected chi connectivity index (χ0v) is 9.03. The van der Waals surface area contributed by atoms with Crippen LogP contribution in [0, 0.1) is 0 Å². The molecule has 5 heteroatoms. The molecule has 0 fully saturated rings. The van der Waals surface area contributed by atoms with Crippen LogP contribution in [0.15, 0.2) is 18.6 Å². The minimum atomic E-state index is -0.0102. The van der Waals surface area contributed by atoms with Crippen molar-refractivity contribution in [2.75, 3.05) is 13.1 Å². The minimum absolute atomic E-state index is 0.0102. The van der Waals surface area contributed by atoms with Crippen LogP contribution in [-0.2, 0) is 4.79 Å². The van der Waals surface area contributed by atoms with Crippen molar-refractivity contribution >= 4 is 5.91 Å². The Morgan fingerprint density at radius 1 is 1.47 bits per heavy atom. The average molecular weight is 208 g/mol. The van der Waals surface area contributed by atoms with Crippen LogP contribution in [0.25, 0.3) is 0 Å². The summed E-state index contributed by atoms with van der Waals surface area (Å²) in [6, 6.07) is 0.146. The molecule has 2 N–H and O–H groups in total. The van der Waals surface area contributed by atoms with Gasteiger partial charge in [0.15, 0.2) is 0 Å². The quantitative estimate of drug-likeness (QED) is 0.681. The Morgan fingerprint density at radius 3 is 2.87 bits per heavy atom. The molecule has 1 atom stereocenters. The van der Waals surface area contributed by atoms with E-state index in [4.69, 9.17) is 0 Å².